The minimum Gasteiger partial charge on any atom is -0.508 e. The monoisotopic (exact) mass is 1180 g/mol. The summed E-state index contributed by atoms with van der Waals surface area (Å²) in [4.78, 5) is 126. The summed E-state index contributed by atoms with van der Waals surface area (Å²) in [5, 5.41) is 41.6. The summed E-state index contributed by atoms with van der Waals surface area (Å²) in [5.41, 5.74) is 14.9. The number of H-pyrrole nitrogens is 2. The number of nitrogens with one attached hydrogen (secondary N) is 9. The number of nitrogens with zero attached hydrogens (tertiary/aromatic N) is 2. The first-order chi connectivity index (χ1) is 41.3. The maximum atomic E-state index is 15.0. The molecule has 0 unspecified atom stereocenters. The van der Waals surface area contributed by atoms with Crippen molar-refractivity contribution in [1.29, 1.82) is 0 Å². The molecule has 24 heteroatoms. The number of phenols is 1. The number of amides is 8. The lowest BCUT2D eigenvalue weighted by Crippen LogP contribution is -2.61. The summed E-state index contributed by atoms with van der Waals surface area (Å²) in [6, 6.07) is 17.1. The van der Waals surface area contributed by atoms with Crippen LogP contribution in [-0.2, 0) is 64.0 Å². The summed E-state index contributed by atoms with van der Waals surface area (Å²) < 4.78 is 14.0. The normalized spacial score (nSPS) is 15.1. The zero-order valence-electron chi connectivity index (χ0n) is 48.5. The van der Waals surface area contributed by atoms with E-state index in [0.29, 0.717) is 41.6 Å². The number of aromatic nitrogens is 2. The van der Waals surface area contributed by atoms with Crippen LogP contribution in [-0.4, -0.2) is 147 Å². The summed E-state index contributed by atoms with van der Waals surface area (Å²) in [7, 11) is 0. The second-order valence-electron chi connectivity index (χ2n) is 21.9. The fourth-order valence-electron chi connectivity index (χ4n) is 10.6. The van der Waals surface area contributed by atoms with Gasteiger partial charge in [0.05, 0.1) is 6.61 Å². The Balaban J connectivity index is 1.14. The van der Waals surface area contributed by atoms with Crippen molar-refractivity contribution in [1.82, 2.24) is 52.1 Å². The first-order valence-electron chi connectivity index (χ1n) is 29.0. The number of aromatic hydroxyl groups is 1. The molecule has 2 aromatic heterocycles. The molecule has 7 rings (SSSR count). The van der Waals surface area contributed by atoms with Crippen LogP contribution in [0.25, 0.3) is 21.8 Å². The van der Waals surface area contributed by atoms with Crippen molar-refractivity contribution in [2.45, 2.75) is 127 Å². The van der Waals surface area contributed by atoms with E-state index in [1.54, 1.807) is 31.5 Å². The van der Waals surface area contributed by atoms with Crippen molar-refractivity contribution in [2.75, 3.05) is 26.2 Å². The number of fused-ring (bicyclic) bond motifs is 2. The van der Waals surface area contributed by atoms with E-state index in [2.05, 4.69) is 52.2 Å². The van der Waals surface area contributed by atoms with Gasteiger partial charge < -0.3 is 73.8 Å². The van der Waals surface area contributed by atoms with Gasteiger partial charge in [-0.2, -0.15) is 0 Å². The third kappa shape index (κ3) is 18.1. The van der Waals surface area contributed by atoms with Crippen molar-refractivity contribution < 1.29 is 53.0 Å². The third-order valence-corrected chi connectivity index (χ3v) is 14.9. The van der Waals surface area contributed by atoms with Gasteiger partial charge in [0.25, 0.3) is 0 Å². The molecule has 0 saturated carbocycles. The van der Waals surface area contributed by atoms with Crippen LogP contribution in [0, 0.1) is 11.7 Å². The highest BCUT2D eigenvalue weighted by molar-refractivity contribution is 5.99. The van der Waals surface area contributed by atoms with Crippen LogP contribution < -0.4 is 48.7 Å². The largest absolute Gasteiger partial charge is 0.508 e. The van der Waals surface area contributed by atoms with Gasteiger partial charge in [-0.1, -0.05) is 74.5 Å². The van der Waals surface area contributed by atoms with Gasteiger partial charge in [-0.25, -0.2) is 4.39 Å². The number of aliphatic hydroxyl groups excluding tert-OH is 1. The Morgan fingerprint density at radius 3 is 1.80 bits per heavy atom. The zero-order valence-corrected chi connectivity index (χ0v) is 48.5. The number of rotatable bonds is 30. The van der Waals surface area contributed by atoms with Gasteiger partial charge in [0.1, 0.15) is 53.9 Å². The van der Waals surface area contributed by atoms with E-state index in [-0.39, 0.29) is 88.0 Å². The highest BCUT2D eigenvalue weighted by atomic mass is 19.1. The zero-order chi connectivity index (χ0) is 61.9. The smallest absolute Gasteiger partial charge is 0.245 e. The number of guanidine groups is 1. The van der Waals surface area contributed by atoms with Gasteiger partial charge >= 0.3 is 0 Å². The molecule has 3 heterocycles. The number of likely N-dealkylation sites (tertiary alicyclic amines) is 1. The Kier molecular flexibility index (Phi) is 23.2. The molecule has 15 N–H and O–H groups in total. The van der Waals surface area contributed by atoms with E-state index in [4.69, 9.17) is 11.5 Å². The number of hydrogen-bond acceptors (Lipinski definition) is 11. The SMILES string of the molecule is CCNC(=O)[C@H]1CCCN1C(=O)[C@H](CCCN=C(N)N)NC(=O)[C@H](CC(C)C)NC(=O)[C@@H](Cc1c[nH]c2ccccc12)NC(=O)[C@H](Cc1ccc(O)cc1)NC(=O)[C@H](CO)NC(=O)[C@H](Cc1c[nH]c2ccccc12)NC(=O)CCc1cccc(F)c1. The molecule has 1 aliphatic heterocycles. The number of para-hydroxylation sites is 2. The molecule has 7 atom stereocenters. The molecule has 1 saturated heterocycles. The van der Waals surface area contributed by atoms with Crippen molar-refractivity contribution in [2.24, 2.45) is 22.4 Å². The maximum absolute atomic E-state index is 15.0. The minimum atomic E-state index is -1.69. The molecule has 8 amide bonds. The van der Waals surface area contributed by atoms with Gasteiger partial charge in [-0.3, -0.25) is 43.3 Å². The molecule has 86 heavy (non-hydrogen) atoms. The number of aliphatic hydroxyl groups is 1. The number of hydrogen-bond donors (Lipinski definition) is 13. The van der Waals surface area contributed by atoms with Gasteiger partial charge in [0.2, 0.25) is 47.3 Å². The van der Waals surface area contributed by atoms with Crippen molar-refractivity contribution in [3.8, 4) is 5.75 Å². The van der Waals surface area contributed by atoms with Crippen molar-refractivity contribution in [3.05, 3.63) is 138 Å². The molecular formula is C62H78FN13O10. The molecule has 1 aliphatic rings. The van der Waals surface area contributed by atoms with E-state index < -0.39 is 96.1 Å². The molecular weight excluding hydrogens is 1110 g/mol. The van der Waals surface area contributed by atoms with Crippen LogP contribution in [0.15, 0.2) is 114 Å². The number of carbonyl (C=O) groups is 8. The first kappa shape index (κ1) is 64.2. The molecule has 458 valence electrons. The maximum Gasteiger partial charge on any atom is 0.245 e. The van der Waals surface area contributed by atoms with Gasteiger partial charge in [0, 0.05) is 79.5 Å². The second kappa shape index (κ2) is 31.0. The number of phenolic OH excluding ortho intramolecular Hbond substituents is 1. The molecule has 0 spiro atoms. The Morgan fingerprint density at radius 1 is 0.674 bits per heavy atom. The number of aromatic amines is 2. The van der Waals surface area contributed by atoms with E-state index in [1.165, 1.54) is 47.4 Å². The van der Waals surface area contributed by atoms with E-state index in [9.17, 15) is 53.0 Å². The number of nitrogens with two attached hydrogens (primary N) is 2. The molecule has 0 bridgehead atoms. The van der Waals surface area contributed by atoms with Crippen molar-refractivity contribution in [3.63, 3.8) is 0 Å². The number of aliphatic imine (C=N–C) groups is 1. The highest BCUT2D eigenvalue weighted by Crippen LogP contribution is 2.23. The predicted octanol–water partition coefficient (Wildman–Crippen LogP) is 2.28. The molecule has 23 nitrogen and oxygen atoms in total. The van der Waals surface area contributed by atoms with Crippen LogP contribution >= 0.6 is 0 Å². The average Bonchev–Trinajstić information content (AvgIpc) is 4.46. The standard InChI is InChI=1S/C62H78FN13O10/c1-4-66-60(85)53-19-11-27-76(53)61(86)47(18-10-26-67-62(64)65)71-55(80)48(28-36(2)3)72-58(83)51(32-40-34-69-46-17-8-6-15-44(40)46)74-56(81)49(30-38-20-23-42(78)24-21-38)73-59(84)52(35-77)75-57(82)50(31-39-33-68-45-16-7-5-14-43(39)45)70-54(79)25-22-37-12-9-13-41(63)29-37/h5-9,12-17,20-21,23-24,29,33-34,36,47-53,68-69,77-78H,4,10-11,18-19,22,25-28,30-32,35H2,1-3H3,(H,66,85)(H,70,79)(H,71,80)(H,72,83)(H,73,84)(H,74,81)(H,75,82)(H4,64,65,67)/t47-,48-,49-,50-,51+,52-,53+/m0/s1. The van der Waals surface area contributed by atoms with Gasteiger partial charge in [0.15, 0.2) is 5.96 Å². The molecule has 0 radical (unpaired) electrons. The van der Waals surface area contributed by atoms with Gasteiger partial charge in [-0.05, 0) is 110 Å². The summed E-state index contributed by atoms with van der Waals surface area (Å²) >= 11 is 0. The quantitative estimate of drug-likeness (QED) is 0.0176. The lowest BCUT2D eigenvalue weighted by molar-refractivity contribution is -0.142. The Labute approximate surface area is 497 Å². The molecule has 1 fully saturated rings. The van der Waals surface area contributed by atoms with E-state index in [1.807, 2.05) is 56.3 Å². The average molecular weight is 1180 g/mol. The van der Waals surface area contributed by atoms with Crippen LogP contribution in [0.3, 0.4) is 0 Å². The highest BCUT2D eigenvalue weighted by Gasteiger charge is 2.39. The van der Waals surface area contributed by atoms with Crippen LogP contribution in [0.4, 0.5) is 4.39 Å². The van der Waals surface area contributed by atoms with Gasteiger partial charge in [-0.15, -0.1) is 0 Å². The van der Waals surface area contributed by atoms with Crippen LogP contribution in [0.1, 0.15) is 81.5 Å². The first-order valence-corrected chi connectivity index (χ1v) is 29.0. The predicted molar refractivity (Wildman–Crippen MR) is 322 cm³/mol. The van der Waals surface area contributed by atoms with Crippen molar-refractivity contribution >= 4 is 75.0 Å². The van der Waals surface area contributed by atoms with E-state index in [0.717, 1.165) is 21.8 Å². The lowest BCUT2D eigenvalue weighted by atomic mass is 9.99. The summed E-state index contributed by atoms with van der Waals surface area (Å²) in [6.07, 6.45) is 4.42. The van der Waals surface area contributed by atoms with E-state index >= 15 is 0 Å². The third-order valence-electron chi connectivity index (χ3n) is 14.9. The second-order valence-corrected chi connectivity index (χ2v) is 21.9. The topological polar surface area (TPSA) is 360 Å². The number of benzene rings is 4. The lowest BCUT2D eigenvalue weighted by Gasteiger charge is -2.30. The number of carbonyl (C=O) groups excluding carboxylic acids is 8. The van der Waals surface area contributed by atoms with Crippen LogP contribution in [0.2, 0.25) is 0 Å². The molecule has 0 aliphatic carbocycles. The molecule has 4 aromatic carbocycles. The molecule has 6 aromatic rings. The Hall–Kier alpha value is -9.32. The fraction of sp³-hybridized carbons (Fsp3) is 0.403. The van der Waals surface area contributed by atoms with Crippen LogP contribution in [0.5, 0.6) is 5.75 Å². The minimum absolute atomic E-state index is 0.0512. The number of likely N-dealkylation sites (N-methyl/N-ethyl adjacent to an activating group) is 1. The Bertz CT molecular complexity index is 3360. The number of halogens is 1. The fourth-order valence-corrected chi connectivity index (χ4v) is 10.6. The Morgan fingerprint density at radius 2 is 1.22 bits per heavy atom. The number of aryl methyl sites for hydroxylation is 1. The summed E-state index contributed by atoms with van der Waals surface area (Å²) in [5.74, 6) is -6.52. The summed E-state index contributed by atoms with van der Waals surface area (Å²) in [6.45, 7) is 5.26.